The molecule has 3 heteroatoms. The van der Waals surface area contributed by atoms with Crippen LogP contribution in [-0.2, 0) is 4.74 Å². The van der Waals surface area contributed by atoms with Crippen LogP contribution in [0.2, 0.25) is 0 Å². The van der Waals surface area contributed by atoms with E-state index in [9.17, 15) is 0 Å². The predicted octanol–water partition coefficient (Wildman–Crippen LogP) is 2.12. The van der Waals surface area contributed by atoms with Gasteiger partial charge < -0.3 is 4.74 Å². The van der Waals surface area contributed by atoms with Crippen LogP contribution in [0, 0.1) is 0 Å². The lowest BCUT2D eigenvalue weighted by Gasteiger charge is -2.01. The Morgan fingerprint density at radius 2 is 2.08 bits per heavy atom. The molecule has 0 atom stereocenters. The zero-order valence-electron chi connectivity index (χ0n) is 7.95. The van der Waals surface area contributed by atoms with Crippen LogP contribution in [0.5, 0.6) is 0 Å². The summed E-state index contributed by atoms with van der Waals surface area (Å²) in [5.74, 6) is 0. The molecule has 13 heavy (non-hydrogen) atoms. The summed E-state index contributed by atoms with van der Waals surface area (Å²) in [6, 6.07) is 9.82. The van der Waals surface area contributed by atoms with Gasteiger partial charge in [-0.3, -0.25) is 5.43 Å². The summed E-state index contributed by atoms with van der Waals surface area (Å²) in [5.41, 5.74) is 4.84. The lowest BCUT2D eigenvalue weighted by atomic mass is 10.3. The van der Waals surface area contributed by atoms with Crippen molar-refractivity contribution in [1.82, 2.24) is 0 Å². The quantitative estimate of drug-likeness (QED) is 0.566. The molecule has 0 spiro atoms. The van der Waals surface area contributed by atoms with Crippen LogP contribution in [0.1, 0.15) is 6.92 Å². The average Bonchev–Trinajstić information content (AvgIpc) is 2.17. The molecule has 0 amide bonds. The van der Waals surface area contributed by atoms with Crippen molar-refractivity contribution in [3.8, 4) is 0 Å². The van der Waals surface area contributed by atoms with Crippen molar-refractivity contribution in [2.75, 3.05) is 19.1 Å². The van der Waals surface area contributed by atoms with E-state index in [2.05, 4.69) is 10.5 Å². The van der Waals surface area contributed by atoms with Crippen molar-refractivity contribution < 1.29 is 4.74 Å². The van der Waals surface area contributed by atoms with Gasteiger partial charge >= 0.3 is 0 Å². The first-order valence-corrected chi connectivity index (χ1v) is 4.16. The van der Waals surface area contributed by atoms with Gasteiger partial charge in [-0.2, -0.15) is 5.10 Å². The van der Waals surface area contributed by atoms with Crippen LogP contribution in [0.3, 0.4) is 0 Å². The third kappa shape index (κ3) is 3.71. The minimum absolute atomic E-state index is 0.555. The standard InChI is InChI=1S/C10H14N2O/c1-9(8-13-2)11-12-10-6-4-3-5-7-10/h3-7,12H,8H2,1-2H3/b11-9+. The highest BCUT2D eigenvalue weighted by Gasteiger charge is 1.89. The molecule has 0 unspecified atom stereocenters. The van der Waals surface area contributed by atoms with Crippen LogP contribution in [0.25, 0.3) is 0 Å². The van der Waals surface area contributed by atoms with E-state index in [1.54, 1.807) is 7.11 Å². The van der Waals surface area contributed by atoms with Crippen LogP contribution >= 0.6 is 0 Å². The van der Waals surface area contributed by atoms with Crippen molar-refractivity contribution >= 4 is 11.4 Å². The maximum Gasteiger partial charge on any atom is 0.0859 e. The van der Waals surface area contributed by atoms with Crippen molar-refractivity contribution in [3.05, 3.63) is 30.3 Å². The number of benzene rings is 1. The fourth-order valence-corrected chi connectivity index (χ4v) is 0.914. The van der Waals surface area contributed by atoms with E-state index >= 15 is 0 Å². The van der Waals surface area contributed by atoms with Gasteiger partial charge in [0.15, 0.2) is 0 Å². The van der Waals surface area contributed by atoms with Gasteiger partial charge in [-0.05, 0) is 19.1 Å². The summed E-state index contributed by atoms with van der Waals surface area (Å²) in [6.07, 6.45) is 0. The second-order valence-electron chi connectivity index (χ2n) is 2.76. The monoisotopic (exact) mass is 178 g/mol. The largest absolute Gasteiger partial charge is 0.379 e. The van der Waals surface area contributed by atoms with Gasteiger partial charge in [-0.25, -0.2) is 0 Å². The Morgan fingerprint density at radius 3 is 2.69 bits per heavy atom. The summed E-state index contributed by atoms with van der Waals surface area (Å²) < 4.78 is 4.92. The number of hydrogen-bond acceptors (Lipinski definition) is 3. The summed E-state index contributed by atoms with van der Waals surface area (Å²) in [5, 5.41) is 4.13. The number of rotatable bonds is 4. The third-order valence-corrected chi connectivity index (χ3v) is 1.50. The highest BCUT2D eigenvalue weighted by atomic mass is 16.5. The Morgan fingerprint density at radius 1 is 1.38 bits per heavy atom. The first-order chi connectivity index (χ1) is 6.33. The lowest BCUT2D eigenvalue weighted by molar-refractivity contribution is 0.245. The van der Waals surface area contributed by atoms with Gasteiger partial charge in [0.2, 0.25) is 0 Å². The molecule has 0 radical (unpaired) electrons. The van der Waals surface area contributed by atoms with E-state index in [0.717, 1.165) is 11.4 Å². The Bertz CT molecular complexity index is 270. The molecule has 0 aliphatic rings. The maximum atomic E-state index is 4.92. The molecule has 1 rings (SSSR count). The number of hydrazone groups is 1. The normalized spacial score (nSPS) is 11.4. The van der Waals surface area contributed by atoms with E-state index < -0.39 is 0 Å². The van der Waals surface area contributed by atoms with Gasteiger partial charge in [0.1, 0.15) is 0 Å². The molecule has 0 aromatic heterocycles. The number of nitrogens with zero attached hydrogens (tertiary/aromatic N) is 1. The molecule has 0 heterocycles. The lowest BCUT2D eigenvalue weighted by Crippen LogP contribution is -2.04. The molecule has 0 saturated carbocycles. The second kappa shape index (κ2) is 5.32. The molecule has 1 aromatic carbocycles. The Kier molecular flexibility index (Phi) is 3.99. The number of para-hydroxylation sites is 1. The second-order valence-corrected chi connectivity index (χ2v) is 2.76. The minimum Gasteiger partial charge on any atom is -0.379 e. The van der Waals surface area contributed by atoms with E-state index in [0.29, 0.717) is 6.61 Å². The van der Waals surface area contributed by atoms with Gasteiger partial charge in [-0.15, -0.1) is 0 Å². The van der Waals surface area contributed by atoms with Crippen LogP contribution < -0.4 is 5.43 Å². The zero-order valence-corrected chi connectivity index (χ0v) is 7.95. The molecule has 0 saturated heterocycles. The SMILES string of the molecule is COC/C(C)=N/Nc1ccccc1. The van der Waals surface area contributed by atoms with Crippen LogP contribution in [-0.4, -0.2) is 19.4 Å². The number of hydrogen-bond donors (Lipinski definition) is 1. The van der Waals surface area contributed by atoms with Crippen molar-refractivity contribution in [1.29, 1.82) is 0 Å². The van der Waals surface area contributed by atoms with Gasteiger partial charge in [-0.1, -0.05) is 18.2 Å². The van der Waals surface area contributed by atoms with Crippen LogP contribution in [0.4, 0.5) is 5.69 Å². The first-order valence-electron chi connectivity index (χ1n) is 4.16. The van der Waals surface area contributed by atoms with Gasteiger partial charge in [0.05, 0.1) is 18.0 Å². The molecule has 0 aliphatic heterocycles. The Balaban J connectivity index is 2.47. The molecule has 0 fully saturated rings. The number of ether oxygens (including phenoxy) is 1. The van der Waals surface area contributed by atoms with Gasteiger partial charge in [0.25, 0.3) is 0 Å². The van der Waals surface area contributed by atoms with E-state index in [4.69, 9.17) is 4.74 Å². The molecule has 1 aromatic rings. The van der Waals surface area contributed by atoms with Crippen molar-refractivity contribution in [2.45, 2.75) is 6.92 Å². The smallest absolute Gasteiger partial charge is 0.0859 e. The minimum atomic E-state index is 0.555. The van der Waals surface area contributed by atoms with E-state index in [1.807, 2.05) is 37.3 Å². The van der Waals surface area contributed by atoms with Gasteiger partial charge in [0, 0.05) is 7.11 Å². The maximum absolute atomic E-state index is 4.92. The predicted molar refractivity (Wildman–Crippen MR) is 55.0 cm³/mol. The topological polar surface area (TPSA) is 33.6 Å². The van der Waals surface area contributed by atoms with Crippen molar-refractivity contribution in [3.63, 3.8) is 0 Å². The molecule has 0 aliphatic carbocycles. The molecular formula is C10H14N2O. The average molecular weight is 178 g/mol. The Labute approximate surface area is 78.4 Å². The summed E-state index contributed by atoms with van der Waals surface area (Å²) in [4.78, 5) is 0. The van der Waals surface area contributed by atoms with E-state index in [1.165, 1.54) is 0 Å². The van der Waals surface area contributed by atoms with E-state index in [-0.39, 0.29) is 0 Å². The fourth-order valence-electron chi connectivity index (χ4n) is 0.914. The molecule has 1 N–H and O–H groups in total. The van der Waals surface area contributed by atoms with Crippen molar-refractivity contribution in [2.24, 2.45) is 5.10 Å². The van der Waals surface area contributed by atoms with Crippen LogP contribution in [0.15, 0.2) is 35.4 Å². The Hall–Kier alpha value is -1.35. The summed E-state index contributed by atoms with van der Waals surface area (Å²) in [7, 11) is 1.65. The molecule has 70 valence electrons. The molecular weight excluding hydrogens is 164 g/mol. The highest BCUT2D eigenvalue weighted by molar-refractivity contribution is 5.83. The number of nitrogens with one attached hydrogen (secondary N) is 1. The third-order valence-electron chi connectivity index (χ3n) is 1.50. The fraction of sp³-hybridized carbons (Fsp3) is 0.300. The summed E-state index contributed by atoms with van der Waals surface area (Å²) >= 11 is 0. The molecule has 3 nitrogen and oxygen atoms in total. The summed E-state index contributed by atoms with van der Waals surface area (Å²) in [6.45, 7) is 2.47. The zero-order chi connectivity index (χ0) is 9.52. The first kappa shape index (κ1) is 9.74. The highest BCUT2D eigenvalue weighted by Crippen LogP contribution is 2.04. The molecule has 0 bridgehead atoms. The number of anilines is 1. The number of methoxy groups -OCH3 is 1.